The first-order valence-corrected chi connectivity index (χ1v) is 10.3. The first-order chi connectivity index (χ1) is 8.30. The largest absolute Gasteiger partial charge is 0.107 e. The topological polar surface area (TPSA) is 0 Å². The van der Waals surface area contributed by atoms with Crippen LogP contribution in [0.3, 0.4) is 0 Å². The predicted molar refractivity (Wildman–Crippen MR) is 85.0 cm³/mol. The fourth-order valence-corrected chi connectivity index (χ4v) is 8.49. The van der Waals surface area contributed by atoms with Gasteiger partial charge in [-0.25, -0.2) is 0 Å². The monoisotopic (exact) mass is 258 g/mol. The highest BCUT2D eigenvalue weighted by Crippen LogP contribution is 2.11. The van der Waals surface area contributed by atoms with E-state index in [1.807, 2.05) is 0 Å². The van der Waals surface area contributed by atoms with Crippen molar-refractivity contribution >= 4 is 18.3 Å². The van der Waals surface area contributed by atoms with E-state index in [-0.39, 0.29) is 9.52 Å². The van der Waals surface area contributed by atoms with E-state index in [2.05, 4.69) is 67.9 Å². The summed E-state index contributed by atoms with van der Waals surface area (Å²) in [5.74, 6) is 0. The van der Waals surface area contributed by atoms with Crippen LogP contribution in [0.2, 0.25) is 11.2 Å². The van der Waals surface area contributed by atoms with Gasteiger partial charge in [-0.15, -0.1) is 25.4 Å². The van der Waals surface area contributed by atoms with Gasteiger partial charge >= 0.3 is 0 Å². The van der Waals surface area contributed by atoms with Crippen LogP contribution >= 0.6 is 0 Å². The molecule has 0 heterocycles. The Kier molecular flexibility index (Phi) is 6.59. The molecular formula is C15H22Si2. The van der Waals surface area contributed by atoms with Gasteiger partial charge in [0.15, 0.2) is 0 Å². The molecule has 0 saturated heterocycles. The molecule has 1 aromatic rings. The molecule has 0 aliphatic rings. The zero-order valence-corrected chi connectivity index (χ0v) is 13.1. The summed E-state index contributed by atoms with van der Waals surface area (Å²) < 4.78 is 0. The number of hydrogen-bond acceptors (Lipinski definition) is 0. The molecule has 0 aliphatic heterocycles. The number of allylic oxidation sites excluding steroid dienone is 2. The van der Waals surface area contributed by atoms with Gasteiger partial charge in [0.1, 0.15) is 0 Å². The molecule has 0 amide bonds. The van der Waals surface area contributed by atoms with Gasteiger partial charge in [0, 0.05) is 9.52 Å². The third-order valence-electron chi connectivity index (χ3n) is 3.15. The number of benzene rings is 1. The van der Waals surface area contributed by atoms with Crippen molar-refractivity contribution in [3.63, 3.8) is 0 Å². The average molecular weight is 259 g/mol. The minimum Gasteiger partial charge on any atom is -0.107 e. The third kappa shape index (κ3) is 5.15. The summed E-state index contributed by atoms with van der Waals surface area (Å²) in [4.78, 5) is 0. The molecular weight excluding hydrogens is 236 g/mol. The second-order valence-electron chi connectivity index (χ2n) is 4.40. The minimum atomic E-state index is -0.794. The van der Waals surface area contributed by atoms with Gasteiger partial charge in [0.25, 0.3) is 0 Å². The predicted octanol–water partition coefficient (Wildman–Crippen LogP) is 3.01. The Morgan fingerprint density at radius 2 is 1.76 bits per heavy atom. The molecule has 0 nitrogen and oxygen atoms in total. The van der Waals surface area contributed by atoms with Crippen LogP contribution in [0.1, 0.15) is 5.56 Å². The number of rotatable bonds is 8. The van der Waals surface area contributed by atoms with Crippen molar-refractivity contribution < 1.29 is 0 Å². The quantitative estimate of drug-likeness (QED) is 0.497. The maximum atomic E-state index is 4.02. The molecule has 1 unspecified atom stereocenters. The van der Waals surface area contributed by atoms with Crippen LogP contribution in [0.15, 0.2) is 67.9 Å². The Labute approximate surface area is 109 Å². The fraction of sp³-hybridized carbons (Fsp3) is 0.200. The lowest BCUT2D eigenvalue weighted by molar-refractivity contribution is 1.33. The van der Waals surface area contributed by atoms with E-state index in [1.165, 1.54) is 17.3 Å². The van der Waals surface area contributed by atoms with Crippen molar-refractivity contribution in [2.45, 2.75) is 17.3 Å². The van der Waals surface area contributed by atoms with Gasteiger partial charge in [-0.3, -0.25) is 0 Å². The van der Waals surface area contributed by atoms with Gasteiger partial charge in [-0.1, -0.05) is 53.7 Å². The summed E-state index contributed by atoms with van der Waals surface area (Å²) in [5, 5.41) is 0. The standard InChI is InChI=1S/C15H22Si2/c1-4-15(5-2)16-13-17(6-3)12-14-10-8-7-9-11-14/h4-11,15,17H,1-3,12-13,16H2. The molecule has 1 rings (SSSR count). The van der Waals surface area contributed by atoms with E-state index in [0.717, 1.165) is 0 Å². The van der Waals surface area contributed by atoms with Crippen LogP contribution in [0.4, 0.5) is 0 Å². The highest BCUT2D eigenvalue weighted by molar-refractivity contribution is 6.73. The van der Waals surface area contributed by atoms with Crippen molar-refractivity contribution in [1.82, 2.24) is 0 Å². The van der Waals surface area contributed by atoms with Gasteiger partial charge in [-0.05, 0) is 11.6 Å². The Hall–Kier alpha value is -1.13. The van der Waals surface area contributed by atoms with Crippen molar-refractivity contribution in [3.05, 3.63) is 73.5 Å². The summed E-state index contributed by atoms with van der Waals surface area (Å²) in [6.45, 7) is 11.8. The average Bonchev–Trinajstić information content (AvgIpc) is 2.39. The highest BCUT2D eigenvalue weighted by atomic mass is 28.3. The lowest BCUT2D eigenvalue weighted by Crippen LogP contribution is -2.18. The zero-order valence-electron chi connectivity index (χ0n) is 10.5. The molecule has 17 heavy (non-hydrogen) atoms. The summed E-state index contributed by atoms with van der Waals surface area (Å²) in [5.41, 5.74) is 5.72. The van der Waals surface area contributed by atoms with E-state index in [4.69, 9.17) is 0 Å². The summed E-state index contributed by atoms with van der Waals surface area (Å²) in [7, 11) is -0.888. The second kappa shape index (κ2) is 8.04. The van der Waals surface area contributed by atoms with Gasteiger partial charge in [0.2, 0.25) is 0 Å². The molecule has 2 heteroatoms. The first-order valence-electron chi connectivity index (χ1n) is 6.21. The summed E-state index contributed by atoms with van der Waals surface area (Å²) in [6, 6.07) is 12.0. The molecule has 0 aliphatic carbocycles. The van der Waals surface area contributed by atoms with E-state index in [0.29, 0.717) is 5.54 Å². The SMILES string of the molecule is C=CC(C=C)[SiH2]C[SiH](C=C)Cc1ccccc1. The van der Waals surface area contributed by atoms with Gasteiger partial charge in [0.05, 0.1) is 8.80 Å². The van der Waals surface area contributed by atoms with E-state index in [1.54, 1.807) is 0 Å². The van der Waals surface area contributed by atoms with E-state index < -0.39 is 8.80 Å². The lowest BCUT2D eigenvalue weighted by atomic mass is 10.2. The van der Waals surface area contributed by atoms with Crippen LogP contribution in [-0.4, -0.2) is 18.3 Å². The van der Waals surface area contributed by atoms with E-state index >= 15 is 0 Å². The van der Waals surface area contributed by atoms with Gasteiger partial charge in [-0.2, -0.15) is 0 Å². The van der Waals surface area contributed by atoms with Crippen molar-refractivity contribution in [2.75, 3.05) is 0 Å². The molecule has 0 fully saturated rings. The summed E-state index contributed by atoms with van der Waals surface area (Å²) in [6.07, 6.45) is 4.10. The van der Waals surface area contributed by atoms with Crippen LogP contribution < -0.4 is 0 Å². The molecule has 0 N–H and O–H groups in total. The molecule has 0 spiro atoms. The molecule has 0 saturated carbocycles. The van der Waals surface area contributed by atoms with Crippen molar-refractivity contribution in [3.8, 4) is 0 Å². The first kappa shape index (κ1) is 13.9. The van der Waals surface area contributed by atoms with Crippen molar-refractivity contribution in [1.29, 1.82) is 0 Å². The lowest BCUT2D eigenvalue weighted by Gasteiger charge is -2.12. The fourth-order valence-electron chi connectivity index (χ4n) is 1.96. The maximum Gasteiger partial charge on any atom is 0.0620 e. The highest BCUT2D eigenvalue weighted by Gasteiger charge is 2.09. The second-order valence-corrected chi connectivity index (χ2v) is 10.6. The zero-order chi connectivity index (χ0) is 12.5. The molecule has 0 aromatic heterocycles. The molecule has 1 aromatic carbocycles. The molecule has 0 radical (unpaired) electrons. The van der Waals surface area contributed by atoms with Gasteiger partial charge < -0.3 is 0 Å². The molecule has 1 atom stereocenters. The third-order valence-corrected chi connectivity index (χ3v) is 10.4. The Morgan fingerprint density at radius 3 is 2.29 bits per heavy atom. The smallest absolute Gasteiger partial charge is 0.0620 e. The molecule has 90 valence electrons. The van der Waals surface area contributed by atoms with Crippen LogP contribution in [-0.2, 0) is 6.04 Å². The van der Waals surface area contributed by atoms with Crippen molar-refractivity contribution in [2.24, 2.45) is 0 Å². The Bertz CT molecular complexity index is 348. The van der Waals surface area contributed by atoms with E-state index in [9.17, 15) is 0 Å². The maximum absolute atomic E-state index is 4.02. The minimum absolute atomic E-state index is 0.0947. The summed E-state index contributed by atoms with van der Waals surface area (Å²) >= 11 is 0. The molecule has 0 bridgehead atoms. The van der Waals surface area contributed by atoms with Crippen LogP contribution in [0.25, 0.3) is 0 Å². The number of hydrogen-bond donors (Lipinski definition) is 0. The van der Waals surface area contributed by atoms with Crippen LogP contribution in [0, 0.1) is 0 Å². The normalized spacial score (nSPS) is 12.8. The van der Waals surface area contributed by atoms with Crippen LogP contribution in [0.5, 0.6) is 0 Å². The Balaban J connectivity index is 2.46. The Morgan fingerprint density at radius 1 is 1.12 bits per heavy atom.